The largest absolute Gasteiger partial charge is 0.363 e. The highest BCUT2D eigenvalue weighted by atomic mass is 16.6. The molecule has 5 nitrogen and oxygen atoms in total. The molecule has 0 atom stereocenters. The van der Waals surface area contributed by atoms with E-state index in [4.69, 9.17) is 5.73 Å². The van der Waals surface area contributed by atoms with Gasteiger partial charge in [0.15, 0.2) is 0 Å². The van der Waals surface area contributed by atoms with Crippen LogP contribution in [0.25, 0.3) is 0 Å². The predicted molar refractivity (Wildman–Crippen MR) is 53.3 cm³/mol. The molecule has 0 aromatic heterocycles. The first-order chi connectivity index (χ1) is 6.68. The van der Waals surface area contributed by atoms with Crippen molar-refractivity contribution in [3.05, 3.63) is 34.4 Å². The number of hydrogen-bond donors (Lipinski definition) is 1. The number of anilines is 1. The Morgan fingerprint density at radius 3 is 2.64 bits per heavy atom. The molecule has 74 valence electrons. The molecule has 1 aliphatic heterocycles. The van der Waals surface area contributed by atoms with Gasteiger partial charge in [-0.05, 0) is 6.07 Å². The number of nitro benzene ring substituents is 1. The van der Waals surface area contributed by atoms with Gasteiger partial charge in [0.25, 0.3) is 5.69 Å². The molecule has 0 radical (unpaired) electrons. The Bertz CT molecular complexity index is 361. The van der Waals surface area contributed by atoms with Crippen LogP contribution in [-0.2, 0) is 0 Å². The van der Waals surface area contributed by atoms with Crippen LogP contribution >= 0.6 is 0 Å². The molecule has 0 spiro atoms. The summed E-state index contributed by atoms with van der Waals surface area (Å²) in [7, 11) is 0. The van der Waals surface area contributed by atoms with Crippen LogP contribution in [-0.4, -0.2) is 24.1 Å². The van der Waals surface area contributed by atoms with Gasteiger partial charge in [-0.2, -0.15) is 0 Å². The second-order valence-electron chi connectivity index (χ2n) is 3.41. The third-order valence-corrected chi connectivity index (χ3v) is 2.33. The Kier molecular flexibility index (Phi) is 2.09. The zero-order valence-electron chi connectivity index (χ0n) is 7.59. The quantitative estimate of drug-likeness (QED) is 0.555. The minimum atomic E-state index is -0.362. The van der Waals surface area contributed by atoms with E-state index in [2.05, 4.69) is 0 Å². The molecule has 0 aliphatic carbocycles. The van der Waals surface area contributed by atoms with Crippen molar-refractivity contribution >= 4 is 11.4 Å². The van der Waals surface area contributed by atoms with Gasteiger partial charge in [0, 0.05) is 25.2 Å². The fraction of sp³-hybridized carbons (Fsp3) is 0.333. The third kappa shape index (κ3) is 1.42. The second kappa shape index (κ2) is 3.26. The zero-order chi connectivity index (χ0) is 10.1. The molecule has 1 saturated heterocycles. The fourth-order valence-electron chi connectivity index (χ4n) is 1.60. The average Bonchev–Trinajstić information content (AvgIpc) is 2.13. The van der Waals surface area contributed by atoms with Crippen LogP contribution < -0.4 is 10.6 Å². The van der Waals surface area contributed by atoms with E-state index in [0.29, 0.717) is 18.8 Å². The Hall–Kier alpha value is -1.62. The molecule has 1 heterocycles. The van der Waals surface area contributed by atoms with Gasteiger partial charge in [0.05, 0.1) is 4.92 Å². The Morgan fingerprint density at radius 1 is 1.43 bits per heavy atom. The van der Waals surface area contributed by atoms with Crippen LogP contribution in [0.2, 0.25) is 0 Å². The number of para-hydroxylation sites is 2. The lowest BCUT2D eigenvalue weighted by Crippen LogP contribution is -2.56. The third-order valence-electron chi connectivity index (χ3n) is 2.33. The molecule has 1 aromatic carbocycles. The lowest BCUT2D eigenvalue weighted by molar-refractivity contribution is -0.384. The van der Waals surface area contributed by atoms with Gasteiger partial charge in [-0.1, -0.05) is 12.1 Å². The van der Waals surface area contributed by atoms with Crippen LogP contribution in [0, 0.1) is 10.1 Å². The zero-order valence-corrected chi connectivity index (χ0v) is 7.59. The number of benzene rings is 1. The highest BCUT2D eigenvalue weighted by Gasteiger charge is 2.28. The molecular weight excluding hydrogens is 182 g/mol. The molecule has 0 bridgehead atoms. The predicted octanol–water partition coefficient (Wildman–Crippen LogP) is 0.742. The summed E-state index contributed by atoms with van der Waals surface area (Å²) in [6, 6.07) is 6.88. The van der Waals surface area contributed by atoms with Gasteiger partial charge in [-0.25, -0.2) is 0 Å². The molecule has 2 rings (SSSR count). The van der Waals surface area contributed by atoms with Crippen LogP contribution in [0.5, 0.6) is 0 Å². The van der Waals surface area contributed by atoms with Crippen molar-refractivity contribution in [2.45, 2.75) is 6.04 Å². The Labute approximate surface area is 81.3 Å². The van der Waals surface area contributed by atoms with E-state index in [1.165, 1.54) is 6.07 Å². The van der Waals surface area contributed by atoms with Crippen LogP contribution in [0.1, 0.15) is 0 Å². The van der Waals surface area contributed by atoms with E-state index in [0.717, 1.165) is 0 Å². The SMILES string of the molecule is NC1CN(c2ccccc2[N+](=O)[O-])C1. The summed E-state index contributed by atoms with van der Waals surface area (Å²) >= 11 is 0. The molecule has 0 saturated carbocycles. The smallest absolute Gasteiger partial charge is 0.292 e. The van der Waals surface area contributed by atoms with Crippen molar-refractivity contribution in [3.63, 3.8) is 0 Å². The van der Waals surface area contributed by atoms with E-state index in [1.807, 2.05) is 4.90 Å². The number of hydrogen-bond acceptors (Lipinski definition) is 4. The van der Waals surface area contributed by atoms with Crippen molar-refractivity contribution in [1.29, 1.82) is 0 Å². The number of rotatable bonds is 2. The Morgan fingerprint density at radius 2 is 2.07 bits per heavy atom. The summed E-state index contributed by atoms with van der Waals surface area (Å²) in [5.74, 6) is 0. The topological polar surface area (TPSA) is 72.4 Å². The fourth-order valence-corrected chi connectivity index (χ4v) is 1.60. The van der Waals surface area contributed by atoms with Gasteiger partial charge >= 0.3 is 0 Å². The van der Waals surface area contributed by atoms with Gasteiger partial charge in [0.1, 0.15) is 5.69 Å². The summed E-state index contributed by atoms with van der Waals surface area (Å²) < 4.78 is 0. The normalized spacial score (nSPS) is 16.5. The molecular formula is C9H11N3O2. The number of nitrogens with zero attached hydrogens (tertiary/aromatic N) is 2. The highest BCUT2D eigenvalue weighted by Crippen LogP contribution is 2.30. The second-order valence-corrected chi connectivity index (χ2v) is 3.41. The summed E-state index contributed by atoms with van der Waals surface area (Å²) in [6.07, 6.45) is 0. The first-order valence-corrected chi connectivity index (χ1v) is 4.42. The molecule has 1 aromatic rings. The van der Waals surface area contributed by atoms with Gasteiger partial charge in [-0.15, -0.1) is 0 Å². The summed E-state index contributed by atoms with van der Waals surface area (Å²) in [5, 5.41) is 10.7. The van der Waals surface area contributed by atoms with Crippen molar-refractivity contribution in [2.75, 3.05) is 18.0 Å². The van der Waals surface area contributed by atoms with E-state index < -0.39 is 0 Å². The van der Waals surface area contributed by atoms with Crippen molar-refractivity contribution in [1.82, 2.24) is 0 Å². The monoisotopic (exact) mass is 193 g/mol. The van der Waals surface area contributed by atoms with E-state index in [9.17, 15) is 10.1 Å². The van der Waals surface area contributed by atoms with Crippen molar-refractivity contribution < 1.29 is 4.92 Å². The summed E-state index contributed by atoms with van der Waals surface area (Å²) in [4.78, 5) is 12.3. The van der Waals surface area contributed by atoms with Crippen LogP contribution in [0.3, 0.4) is 0 Å². The van der Waals surface area contributed by atoms with Gasteiger partial charge < -0.3 is 10.6 Å². The van der Waals surface area contributed by atoms with Crippen molar-refractivity contribution in [3.8, 4) is 0 Å². The molecule has 1 fully saturated rings. The summed E-state index contributed by atoms with van der Waals surface area (Å²) in [5.41, 5.74) is 6.44. The lowest BCUT2D eigenvalue weighted by Gasteiger charge is -2.38. The highest BCUT2D eigenvalue weighted by molar-refractivity contribution is 5.64. The van der Waals surface area contributed by atoms with Gasteiger partial charge in [0.2, 0.25) is 0 Å². The molecule has 0 unspecified atom stereocenters. The molecule has 2 N–H and O–H groups in total. The lowest BCUT2D eigenvalue weighted by atomic mass is 10.1. The van der Waals surface area contributed by atoms with E-state index in [1.54, 1.807) is 18.2 Å². The van der Waals surface area contributed by atoms with Crippen LogP contribution in [0.15, 0.2) is 24.3 Å². The maximum Gasteiger partial charge on any atom is 0.292 e. The molecule has 5 heteroatoms. The Balaban J connectivity index is 2.28. The minimum absolute atomic E-state index is 0.148. The molecule has 1 aliphatic rings. The van der Waals surface area contributed by atoms with Gasteiger partial charge in [-0.3, -0.25) is 10.1 Å². The minimum Gasteiger partial charge on any atom is -0.363 e. The first-order valence-electron chi connectivity index (χ1n) is 4.42. The summed E-state index contributed by atoms with van der Waals surface area (Å²) in [6.45, 7) is 1.40. The van der Waals surface area contributed by atoms with E-state index >= 15 is 0 Å². The molecule has 14 heavy (non-hydrogen) atoms. The van der Waals surface area contributed by atoms with E-state index in [-0.39, 0.29) is 16.7 Å². The average molecular weight is 193 g/mol. The van der Waals surface area contributed by atoms with Crippen molar-refractivity contribution in [2.24, 2.45) is 5.73 Å². The maximum atomic E-state index is 10.7. The standard InChI is InChI=1S/C9H11N3O2/c10-7-5-11(6-7)8-3-1-2-4-9(8)12(13)14/h1-4,7H,5-6,10H2. The first kappa shape index (κ1) is 8.96. The molecule has 0 amide bonds. The number of nitro groups is 1. The number of nitrogens with two attached hydrogens (primary N) is 1. The van der Waals surface area contributed by atoms with Crippen LogP contribution in [0.4, 0.5) is 11.4 Å². The maximum absolute atomic E-state index is 10.7.